The summed E-state index contributed by atoms with van der Waals surface area (Å²) in [7, 11) is 0. The summed E-state index contributed by atoms with van der Waals surface area (Å²) in [5, 5.41) is 1.30. The van der Waals surface area contributed by atoms with Crippen molar-refractivity contribution < 1.29 is 4.42 Å². The molecule has 0 spiro atoms. The van der Waals surface area contributed by atoms with E-state index in [-0.39, 0.29) is 0 Å². The number of halogens is 2. The van der Waals surface area contributed by atoms with Gasteiger partial charge in [0.25, 0.3) is 0 Å². The van der Waals surface area contributed by atoms with Crippen molar-refractivity contribution in [3.05, 3.63) is 40.1 Å². The molecule has 0 saturated heterocycles. The van der Waals surface area contributed by atoms with E-state index in [1.807, 2.05) is 12.1 Å². The van der Waals surface area contributed by atoms with Crippen molar-refractivity contribution in [3.8, 4) is 0 Å². The number of rotatable bonds is 3. The summed E-state index contributed by atoms with van der Waals surface area (Å²) < 4.78 is 6.00. The van der Waals surface area contributed by atoms with E-state index >= 15 is 0 Å². The van der Waals surface area contributed by atoms with Gasteiger partial charge in [-0.1, -0.05) is 11.8 Å². The van der Waals surface area contributed by atoms with Gasteiger partial charge in [0.2, 0.25) is 0 Å². The molecule has 0 aromatic carbocycles. The lowest BCUT2D eigenvalue weighted by Gasteiger charge is -1.97. The number of hydrogen-bond acceptors (Lipinski definition) is 4. The Bertz CT molecular complexity index is 463. The van der Waals surface area contributed by atoms with E-state index in [9.17, 15) is 0 Å². The van der Waals surface area contributed by atoms with E-state index in [1.165, 1.54) is 6.33 Å². The molecule has 6 heteroatoms. The number of nitrogens with zero attached hydrogens (tertiary/aromatic N) is 2. The van der Waals surface area contributed by atoms with Crippen molar-refractivity contribution in [2.24, 2.45) is 0 Å². The van der Waals surface area contributed by atoms with Crippen LogP contribution in [-0.2, 0) is 5.75 Å². The van der Waals surface area contributed by atoms with Gasteiger partial charge in [0.1, 0.15) is 21.7 Å². The summed E-state index contributed by atoms with van der Waals surface area (Å²) in [6.45, 7) is 0. The smallest absolute Gasteiger partial charge is 0.193 e. The molecule has 0 fully saturated rings. The third-order valence-electron chi connectivity index (χ3n) is 1.60. The Labute approximate surface area is 104 Å². The third-order valence-corrected chi connectivity index (χ3v) is 3.18. The molecule has 0 N–H and O–H groups in total. The van der Waals surface area contributed by atoms with E-state index in [2.05, 4.69) is 25.9 Å². The van der Waals surface area contributed by atoms with Crippen LogP contribution in [0.3, 0.4) is 0 Å². The van der Waals surface area contributed by atoms with Gasteiger partial charge in [-0.25, -0.2) is 9.97 Å². The van der Waals surface area contributed by atoms with Crippen LogP contribution in [-0.4, -0.2) is 9.97 Å². The van der Waals surface area contributed by atoms with Gasteiger partial charge < -0.3 is 4.42 Å². The molecule has 0 unspecified atom stereocenters. The first-order valence-electron chi connectivity index (χ1n) is 4.08. The number of furan rings is 1. The monoisotopic (exact) mass is 304 g/mol. The third kappa shape index (κ3) is 3.22. The van der Waals surface area contributed by atoms with E-state index in [0.29, 0.717) is 11.0 Å². The van der Waals surface area contributed by atoms with E-state index < -0.39 is 0 Å². The Balaban J connectivity index is 1.99. The highest BCUT2D eigenvalue weighted by molar-refractivity contribution is 9.10. The second kappa shape index (κ2) is 5.01. The summed E-state index contributed by atoms with van der Waals surface area (Å²) in [5.41, 5.74) is 0. The molecule has 2 rings (SSSR count). The lowest BCUT2D eigenvalue weighted by Crippen LogP contribution is -1.83. The molecule has 0 radical (unpaired) electrons. The van der Waals surface area contributed by atoms with Crippen molar-refractivity contribution in [3.63, 3.8) is 0 Å². The van der Waals surface area contributed by atoms with Gasteiger partial charge in [-0.05, 0) is 39.7 Å². The Hall–Kier alpha value is -0.520. The highest BCUT2D eigenvalue weighted by Crippen LogP contribution is 2.24. The number of hydrogen-bond donors (Lipinski definition) is 0. The van der Waals surface area contributed by atoms with Crippen molar-refractivity contribution >= 4 is 39.3 Å². The van der Waals surface area contributed by atoms with Crippen LogP contribution >= 0.6 is 39.3 Å². The van der Waals surface area contributed by atoms with Gasteiger partial charge >= 0.3 is 0 Å². The Kier molecular flexibility index (Phi) is 3.66. The predicted octanol–water partition coefficient (Wildman–Crippen LogP) is 3.78. The Morgan fingerprint density at radius 1 is 1.40 bits per heavy atom. The number of thioether (sulfide) groups is 1. The molecule has 0 aliphatic carbocycles. The maximum atomic E-state index is 5.66. The first-order valence-corrected chi connectivity index (χ1v) is 6.24. The van der Waals surface area contributed by atoms with Crippen LogP contribution in [0.4, 0.5) is 0 Å². The zero-order valence-corrected chi connectivity index (χ0v) is 10.6. The molecule has 0 atom stereocenters. The molecular formula is C9H6BrClN2OS. The molecule has 3 nitrogen and oxygen atoms in total. The summed E-state index contributed by atoms with van der Waals surface area (Å²) in [5.74, 6) is 1.54. The minimum Gasteiger partial charge on any atom is -0.449 e. The Morgan fingerprint density at radius 2 is 2.27 bits per heavy atom. The molecule has 2 aromatic rings. The minimum atomic E-state index is 0.412. The maximum absolute atomic E-state index is 5.66. The fraction of sp³-hybridized carbons (Fsp3) is 0.111. The van der Waals surface area contributed by atoms with Crippen LogP contribution in [0.2, 0.25) is 5.22 Å². The molecule has 78 valence electrons. The van der Waals surface area contributed by atoms with Crippen LogP contribution in [0.25, 0.3) is 0 Å². The summed E-state index contributed by atoms with van der Waals surface area (Å²) in [4.78, 5) is 8.06. The lowest BCUT2D eigenvalue weighted by atomic mass is 10.5. The first kappa shape index (κ1) is 11.0. The van der Waals surface area contributed by atoms with Crippen LogP contribution in [0, 0.1) is 0 Å². The second-order valence-corrected chi connectivity index (χ2v) is 4.85. The average molecular weight is 306 g/mol. The average Bonchev–Trinajstić information content (AvgIpc) is 2.62. The lowest BCUT2D eigenvalue weighted by molar-refractivity contribution is 0.532. The molecule has 2 aromatic heterocycles. The SMILES string of the molecule is Clc1ccc(CSc2cc(Br)ncn2)o1. The zero-order chi connectivity index (χ0) is 10.7. The van der Waals surface area contributed by atoms with Crippen molar-refractivity contribution in [1.29, 1.82) is 0 Å². The van der Waals surface area contributed by atoms with Crippen molar-refractivity contribution in [2.45, 2.75) is 10.8 Å². The summed E-state index contributed by atoms with van der Waals surface area (Å²) in [6.07, 6.45) is 1.52. The number of aromatic nitrogens is 2. The first-order chi connectivity index (χ1) is 7.24. The van der Waals surface area contributed by atoms with Gasteiger partial charge in [-0.3, -0.25) is 0 Å². The van der Waals surface area contributed by atoms with E-state index in [0.717, 1.165) is 15.4 Å². The van der Waals surface area contributed by atoms with Gasteiger partial charge in [0, 0.05) is 6.07 Å². The van der Waals surface area contributed by atoms with Crippen molar-refractivity contribution in [1.82, 2.24) is 9.97 Å². The quantitative estimate of drug-likeness (QED) is 0.639. The second-order valence-electron chi connectivity index (χ2n) is 2.67. The van der Waals surface area contributed by atoms with Gasteiger partial charge in [0.05, 0.1) is 5.75 Å². The molecule has 0 aliphatic heterocycles. The normalized spacial score (nSPS) is 10.5. The molecule has 0 bridgehead atoms. The van der Waals surface area contributed by atoms with Crippen molar-refractivity contribution in [2.75, 3.05) is 0 Å². The Morgan fingerprint density at radius 3 is 2.93 bits per heavy atom. The molecule has 0 aliphatic rings. The van der Waals surface area contributed by atoms with Crippen LogP contribution in [0.15, 0.2) is 38.6 Å². The molecule has 2 heterocycles. The highest BCUT2D eigenvalue weighted by Gasteiger charge is 2.02. The molecule has 15 heavy (non-hydrogen) atoms. The standard InChI is InChI=1S/C9H6BrClN2OS/c10-7-3-9(13-5-12-7)15-4-6-1-2-8(11)14-6/h1-3,5H,4H2. The highest BCUT2D eigenvalue weighted by atomic mass is 79.9. The molecular weight excluding hydrogens is 300 g/mol. The largest absolute Gasteiger partial charge is 0.449 e. The van der Waals surface area contributed by atoms with Gasteiger partial charge in [-0.2, -0.15) is 0 Å². The van der Waals surface area contributed by atoms with E-state index in [4.69, 9.17) is 16.0 Å². The molecule has 0 amide bonds. The zero-order valence-electron chi connectivity index (χ0n) is 7.48. The van der Waals surface area contributed by atoms with Crippen LogP contribution < -0.4 is 0 Å². The minimum absolute atomic E-state index is 0.412. The van der Waals surface area contributed by atoms with Crippen LogP contribution in [0.5, 0.6) is 0 Å². The molecule has 0 saturated carbocycles. The summed E-state index contributed by atoms with van der Waals surface area (Å²) in [6, 6.07) is 5.44. The van der Waals surface area contributed by atoms with E-state index in [1.54, 1.807) is 17.8 Å². The topological polar surface area (TPSA) is 38.9 Å². The summed E-state index contributed by atoms with van der Waals surface area (Å²) >= 11 is 10.5. The maximum Gasteiger partial charge on any atom is 0.193 e. The fourth-order valence-electron chi connectivity index (χ4n) is 0.971. The van der Waals surface area contributed by atoms with Crippen LogP contribution in [0.1, 0.15) is 5.76 Å². The predicted molar refractivity (Wildman–Crippen MR) is 63.0 cm³/mol. The fourth-order valence-corrected chi connectivity index (χ4v) is 2.35. The van der Waals surface area contributed by atoms with Gasteiger partial charge in [0.15, 0.2) is 5.22 Å². The van der Waals surface area contributed by atoms with Gasteiger partial charge in [-0.15, -0.1) is 0 Å².